The van der Waals surface area contributed by atoms with Gasteiger partial charge in [0.1, 0.15) is 11.9 Å². The molecule has 0 amide bonds. The number of carbonyl (C=O) groups is 1. The van der Waals surface area contributed by atoms with Crippen molar-refractivity contribution in [3.05, 3.63) is 65.2 Å². The van der Waals surface area contributed by atoms with E-state index in [1.807, 2.05) is 26.6 Å². The summed E-state index contributed by atoms with van der Waals surface area (Å²) < 4.78 is 12.9. The van der Waals surface area contributed by atoms with E-state index in [0.717, 1.165) is 43.6 Å². The molecule has 4 aliphatic rings. The van der Waals surface area contributed by atoms with Crippen molar-refractivity contribution in [3.63, 3.8) is 0 Å². The molecule has 0 saturated heterocycles. The van der Waals surface area contributed by atoms with Crippen LogP contribution in [0.15, 0.2) is 59.6 Å². The van der Waals surface area contributed by atoms with Gasteiger partial charge in [-0.3, -0.25) is 9.78 Å². The highest BCUT2D eigenvalue weighted by Gasteiger charge is 2.59. The lowest BCUT2D eigenvalue weighted by Gasteiger charge is -2.48. The summed E-state index contributed by atoms with van der Waals surface area (Å²) in [5.74, 6) is 2.15. The van der Waals surface area contributed by atoms with Gasteiger partial charge in [0.25, 0.3) is 0 Å². The zero-order chi connectivity index (χ0) is 23.4. The summed E-state index contributed by atoms with van der Waals surface area (Å²) in [5.41, 5.74) is 3.57. The molecular weight excluding hydrogens is 424 g/mol. The number of carbonyl (C=O) groups excluding carboxylic acids is 1. The zero-order valence-corrected chi connectivity index (χ0v) is 20.3. The molecule has 5 heteroatoms. The number of fused-ring (bicyclic) bond motifs is 4. The monoisotopic (exact) mass is 458 g/mol. The fourth-order valence-corrected chi connectivity index (χ4v) is 7.39. The Balaban J connectivity index is 1.34. The molecule has 0 spiro atoms. The van der Waals surface area contributed by atoms with Crippen LogP contribution in [0.5, 0.6) is 0 Å². The van der Waals surface area contributed by atoms with Crippen molar-refractivity contribution in [2.45, 2.75) is 57.2 Å². The number of ether oxygens (including phenoxy) is 2. The molecule has 1 unspecified atom stereocenters. The fraction of sp³-hybridized carbons (Fsp3) is 0.517. The van der Waals surface area contributed by atoms with E-state index in [0.29, 0.717) is 24.2 Å². The molecule has 34 heavy (non-hydrogen) atoms. The van der Waals surface area contributed by atoms with Gasteiger partial charge < -0.3 is 14.8 Å². The highest BCUT2D eigenvalue weighted by atomic mass is 16.5. The van der Waals surface area contributed by atoms with Crippen molar-refractivity contribution >= 4 is 16.6 Å². The van der Waals surface area contributed by atoms with Crippen LogP contribution in [-0.2, 0) is 14.3 Å². The minimum Gasteiger partial charge on any atom is -0.489 e. The minimum absolute atomic E-state index is 0.0472. The van der Waals surface area contributed by atoms with Crippen LogP contribution in [-0.4, -0.2) is 43.7 Å². The van der Waals surface area contributed by atoms with Gasteiger partial charge in [-0.1, -0.05) is 25.1 Å². The Morgan fingerprint density at radius 3 is 2.94 bits per heavy atom. The summed E-state index contributed by atoms with van der Waals surface area (Å²) in [7, 11) is 3.80. The SMILES string of the molecule is CNCC1CC(=O)C2=C(C1)O[C@@H]1C(=C2)CC[C@@]2(C)[C@H]1C[C@@H](OC)[C@@H]2c1ccc2cnccc2c1. The normalized spacial score (nSPS) is 34.9. The third kappa shape index (κ3) is 3.36. The second-order valence-electron chi connectivity index (χ2n) is 10.9. The molecule has 2 saturated carbocycles. The second kappa shape index (κ2) is 8.31. The molecule has 2 aromatic rings. The number of nitrogens with zero attached hydrogens (tertiary/aromatic N) is 1. The van der Waals surface area contributed by atoms with E-state index in [1.165, 1.54) is 21.9 Å². The number of hydrogen-bond acceptors (Lipinski definition) is 5. The molecule has 6 rings (SSSR count). The van der Waals surface area contributed by atoms with E-state index >= 15 is 0 Å². The molecule has 0 bridgehead atoms. The molecule has 3 aliphatic carbocycles. The number of rotatable bonds is 4. The van der Waals surface area contributed by atoms with Crippen LogP contribution in [0.1, 0.15) is 50.5 Å². The summed E-state index contributed by atoms with van der Waals surface area (Å²) >= 11 is 0. The van der Waals surface area contributed by atoms with E-state index in [4.69, 9.17) is 9.47 Å². The lowest BCUT2D eigenvalue weighted by atomic mass is 9.61. The minimum atomic E-state index is 0.0472. The second-order valence-corrected chi connectivity index (χ2v) is 10.9. The Bertz CT molecular complexity index is 1200. The maximum absolute atomic E-state index is 12.9. The average molecular weight is 459 g/mol. The smallest absolute Gasteiger partial charge is 0.166 e. The first-order valence-corrected chi connectivity index (χ1v) is 12.7. The summed E-state index contributed by atoms with van der Waals surface area (Å²) in [4.78, 5) is 17.2. The Hall–Kier alpha value is -2.50. The van der Waals surface area contributed by atoms with Crippen molar-refractivity contribution < 1.29 is 14.3 Å². The Labute approximate surface area is 201 Å². The standard InChI is InChI=1S/C29H34N2O3/c1-29-8-6-20-13-22-24(32)10-17(15-30-2)11-25(22)34-28(20)23(29)14-26(33-3)27(29)19-4-5-21-16-31-9-7-18(21)12-19/h4-5,7,9,12-13,16-17,23,26-28,30H,6,8,10-11,14-15H2,1-3H3/t17?,23-,26+,27-,28+,29-/m0/s1. The van der Waals surface area contributed by atoms with Gasteiger partial charge in [0.15, 0.2) is 5.78 Å². The van der Waals surface area contributed by atoms with Crippen LogP contribution >= 0.6 is 0 Å². The van der Waals surface area contributed by atoms with Gasteiger partial charge in [0.2, 0.25) is 0 Å². The predicted molar refractivity (Wildman–Crippen MR) is 132 cm³/mol. The van der Waals surface area contributed by atoms with Gasteiger partial charge in [0.05, 0.1) is 11.7 Å². The van der Waals surface area contributed by atoms with Gasteiger partial charge in [-0.2, -0.15) is 0 Å². The summed E-state index contributed by atoms with van der Waals surface area (Å²) in [6.07, 6.45) is 10.7. The summed E-state index contributed by atoms with van der Waals surface area (Å²) in [6, 6.07) is 8.89. The highest BCUT2D eigenvalue weighted by Crippen LogP contribution is 2.62. The number of allylic oxidation sites excluding steroid dienone is 3. The number of nitrogens with one attached hydrogen (secondary N) is 1. The first kappa shape index (κ1) is 22.0. The highest BCUT2D eigenvalue weighted by molar-refractivity contribution is 6.00. The lowest BCUT2D eigenvalue weighted by molar-refractivity contribution is -0.117. The first-order chi connectivity index (χ1) is 16.5. The molecule has 178 valence electrons. The fourth-order valence-electron chi connectivity index (χ4n) is 7.39. The van der Waals surface area contributed by atoms with Crippen LogP contribution in [0.25, 0.3) is 10.8 Å². The molecule has 5 nitrogen and oxygen atoms in total. The van der Waals surface area contributed by atoms with Crippen molar-refractivity contribution in [1.82, 2.24) is 10.3 Å². The Kier molecular flexibility index (Phi) is 5.38. The number of pyridine rings is 1. The maximum Gasteiger partial charge on any atom is 0.166 e. The molecule has 6 atom stereocenters. The third-order valence-corrected chi connectivity index (χ3v) is 9.07. The van der Waals surface area contributed by atoms with Gasteiger partial charge in [-0.05, 0) is 72.9 Å². The number of hydrogen-bond donors (Lipinski definition) is 1. The molecule has 0 radical (unpaired) electrons. The maximum atomic E-state index is 12.9. The third-order valence-electron chi connectivity index (χ3n) is 9.07. The van der Waals surface area contributed by atoms with Crippen molar-refractivity contribution in [1.29, 1.82) is 0 Å². The summed E-state index contributed by atoms with van der Waals surface area (Å²) in [6.45, 7) is 3.29. The molecule has 2 fully saturated rings. The Morgan fingerprint density at radius 1 is 1.24 bits per heavy atom. The summed E-state index contributed by atoms with van der Waals surface area (Å²) in [5, 5.41) is 5.63. The lowest BCUT2D eigenvalue weighted by Crippen LogP contribution is -2.44. The van der Waals surface area contributed by atoms with Crippen LogP contribution < -0.4 is 5.32 Å². The van der Waals surface area contributed by atoms with E-state index in [9.17, 15) is 4.79 Å². The molecule has 1 aromatic heterocycles. The number of ketones is 1. The predicted octanol–water partition coefficient (Wildman–Crippen LogP) is 4.93. The number of Topliss-reactive ketones (excluding diaryl/α,β-unsaturated/α-hetero) is 1. The average Bonchev–Trinajstić information content (AvgIpc) is 3.16. The van der Waals surface area contributed by atoms with E-state index in [-0.39, 0.29) is 23.4 Å². The van der Waals surface area contributed by atoms with Crippen LogP contribution in [0, 0.1) is 17.3 Å². The largest absolute Gasteiger partial charge is 0.489 e. The van der Waals surface area contributed by atoms with E-state index in [1.54, 1.807) is 0 Å². The van der Waals surface area contributed by atoms with Crippen LogP contribution in [0.4, 0.5) is 0 Å². The van der Waals surface area contributed by atoms with Gasteiger partial charge >= 0.3 is 0 Å². The number of benzene rings is 1. The van der Waals surface area contributed by atoms with Gasteiger partial charge in [-0.25, -0.2) is 0 Å². The molecule has 1 N–H and O–H groups in total. The molecular formula is C29H34N2O3. The van der Waals surface area contributed by atoms with Crippen molar-refractivity contribution in [2.75, 3.05) is 20.7 Å². The number of methoxy groups -OCH3 is 1. The molecule has 2 heterocycles. The topological polar surface area (TPSA) is 60.5 Å². The number of aromatic nitrogens is 1. The van der Waals surface area contributed by atoms with E-state index in [2.05, 4.69) is 47.6 Å². The Morgan fingerprint density at radius 2 is 2.12 bits per heavy atom. The molecule has 1 aromatic carbocycles. The van der Waals surface area contributed by atoms with Crippen molar-refractivity contribution in [3.8, 4) is 0 Å². The van der Waals surface area contributed by atoms with E-state index < -0.39 is 0 Å². The quantitative estimate of drug-likeness (QED) is 0.704. The van der Waals surface area contributed by atoms with Crippen LogP contribution in [0.3, 0.4) is 0 Å². The zero-order valence-electron chi connectivity index (χ0n) is 20.3. The van der Waals surface area contributed by atoms with Crippen molar-refractivity contribution in [2.24, 2.45) is 17.3 Å². The molecule has 1 aliphatic heterocycles. The van der Waals surface area contributed by atoms with Gasteiger partial charge in [0, 0.05) is 49.6 Å². The van der Waals surface area contributed by atoms with Crippen LogP contribution in [0.2, 0.25) is 0 Å². The first-order valence-electron chi connectivity index (χ1n) is 12.7. The van der Waals surface area contributed by atoms with Gasteiger partial charge in [-0.15, -0.1) is 0 Å².